The summed E-state index contributed by atoms with van der Waals surface area (Å²) in [7, 11) is 0. The summed E-state index contributed by atoms with van der Waals surface area (Å²) in [6, 6.07) is 10.0. The van der Waals surface area contributed by atoms with E-state index < -0.39 is 0 Å². The Bertz CT molecular complexity index is 726. The van der Waals surface area contributed by atoms with Gasteiger partial charge in [-0.05, 0) is 51.0 Å². The molecule has 1 aliphatic rings. The van der Waals surface area contributed by atoms with E-state index in [4.69, 9.17) is 4.74 Å². The molecule has 1 aromatic heterocycles. The number of hydrogen-bond acceptors (Lipinski definition) is 4. The maximum atomic E-state index is 12.6. The number of anilines is 1. The second kappa shape index (κ2) is 7.68. The van der Waals surface area contributed by atoms with Gasteiger partial charge in [0.05, 0.1) is 17.1 Å². The zero-order valence-corrected chi connectivity index (χ0v) is 16.2. The van der Waals surface area contributed by atoms with Gasteiger partial charge in [-0.2, -0.15) is 0 Å². The van der Waals surface area contributed by atoms with E-state index in [-0.39, 0.29) is 18.1 Å². The number of nitrogens with one attached hydrogen (secondary N) is 1. The number of benzene rings is 1. The molecule has 25 heavy (non-hydrogen) atoms. The lowest BCUT2D eigenvalue weighted by molar-refractivity contribution is -0.0704. The van der Waals surface area contributed by atoms with Crippen LogP contribution in [-0.2, 0) is 11.3 Å². The number of morpholine rings is 1. The quantitative estimate of drug-likeness (QED) is 0.889. The van der Waals surface area contributed by atoms with Crippen LogP contribution in [0.3, 0.4) is 0 Å². The van der Waals surface area contributed by atoms with Crippen LogP contribution >= 0.6 is 11.3 Å². The molecule has 0 saturated carbocycles. The first-order chi connectivity index (χ1) is 11.9. The van der Waals surface area contributed by atoms with E-state index in [2.05, 4.69) is 30.1 Å². The molecule has 3 rings (SSSR count). The number of ether oxygens (including phenoxy) is 1. The third-order valence-electron chi connectivity index (χ3n) is 4.54. The molecule has 1 saturated heterocycles. The molecule has 0 radical (unpaired) electrons. The number of thiophene rings is 1. The van der Waals surface area contributed by atoms with Gasteiger partial charge in [0.25, 0.3) is 5.91 Å². The first-order valence-electron chi connectivity index (χ1n) is 8.76. The van der Waals surface area contributed by atoms with Gasteiger partial charge in [-0.25, -0.2) is 0 Å². The maximum Gasteiger partial charge on any atom is 0.265 e. The molecule has 1 amide bonds. The van der Waals surface area contributed by atoms with Crippen molar-refractivity contribution in [2.24, 2.45) is 0 Å². The fraction of sp³-hybridized carbons (Fsp3) is 0.450. The van der Waals surface area contributed by atoms with Gasteiger partial charge in [0, 0.05) is 30.2 Å². The van der Waals surface area contributed by atoms with Gasteiger partial charge in [0.1, 0.15) is 0 Å². The van der Waals surface area contributed by atoms with Crippen molar-refractivity contribution < 1.29 is 9.53 Å². The normalized spacial score (nSPS) is 21.3. The maximum absolute atomic E-state index is 12.6. The van der Waals surface area contributed by atoms with Crippen molar-refractivity contribution in [3.63, 3.8) is 0 Å². The second-order valence-corrected chi connectivity index (χ2v) is 8.17. The van der Waals surface area contributed by atoms with Crippen LogP contribution < -0.4 is 5.32 Å². The number of para-hydroxylation sites is 1. The molecule has 1 aromatic carbocycles. The van der Waals surface area contributed by atoms with Crippen LogP contribution in [0.15, 0.2) is 30.3 Å². The molecular weight excluding hydrogens is 332 g/mol. The average molecular weight is 359 g/mol. The van der Waals surface area contributed by atoms with Crippen molar-refractivity contribution in [2.45, 2.75) is 46.4 Å². The highest BCUT2D eigenvalue weighted by Gasteiger charge is 2.23. The number of rotatable bonds is 4. The van der Waals surface area contributed by atoms with Crippen LogP contribution in [0, 0.1) is 13.8 Å². The summed E-state index contributed by atoms with van der Waals surface area (Å²) in [4.78, 5) is 16.9. The summed E-state index contributed by atoms with van der Waals surface area (Å²) in [6.07, 6.45) is 0.477. The zero-order valence-electron chi connectivity index (χ0n) is 15.3. The number of nitrogens with zero attached hydrogens (tertiary/aromatic N) is 1. The molecule has 5 heteroatoms. The van der Waals surface area contributed by atoms with Gasteiger partial charge in [0.2, 0.25) is 0 Å². The molecule has 2 unspecified atom stereocenters. The van der Waals surface area contributed by atoms with E-state index in [0.717, 1.165) is 35.8 Å². The predicted octanol–water partition coefficient (Wildman–Crippen LogP) is 4.23. The summed E-state index contributed by atoms with van der Waals surface area (Å²) in [5, 5.41) is 3.09. The number of carbonyl (C=O) groups excluding carboxylic acids is 1. The Morgan fingerprint density at radius 2 is 1.92 bits per heavy atom. The SMILES string of the molecule is Cc1cc(C(=O)Nc2ccccc2CN2CC(C)OC(C)C2)sc1C. The number of amides is 1. The van der Waals surface area contributed by atoms with E-state index in [0.29, 0.717) is 0 Å². The van der Waals surface area contributed by atoms with Gasteiger partial charge < -0.3 is 10.1 Å². The van der Waals surface area contributed by atoms with E-state index >= 15 is 0 Å². The molecule has 0 aliphatic carbocycles. The Morgan fingerprint density at radius 3 is 2.56 bits per heavy atom. The van der Waals surface area contributed by atoms with Gasteiger partial charge in [0.15, 0.2) is 0 Å². The van der Waals surface area contributed by atoms with Gasteiger partial charge in [-0.1, -0.05) is 18.2 Å². The van der Waals surface area contributed by atoms with Crippen molar-refractivity contribution in [1.82, 2.24) is 4.90 Å². The molecule has 134 valence electrons. The first-order valence-corrected chi connectivity index (χ1v) is 9.58. The molecule has 0 bridgehead atoms. The lowest BCUT2D eigenvalue weighted by Crippen LogP contribution is -2.44. The summed E-state index contributed by atoms with van der Waals surface area (Å²) >= 11 is 1.54. The van der Waals surface area contributed by atoms with E-state index in [1.54, 1.807) is 11.3 Å². The highest BCUT2D eigenvalue weighted by Crippen LogP contribution is 2.24. The fourth-order valence-corrected chi connectivity index (χ4v) is 4.23. The third-order valence-corrected chi connectivity index (χ3v) is 5.70. The van der Waals surface area contributed by atoms with Crippen LogP contribution in [0.2, 0.25) is 0 Å². The van der Waals surface area contributed by atoms with Crippen LogP contribution in [-0.4, -0.2) is 36.1 Å². The molecule has 1 fully saturated rings. The molecule has 1 aliphatic heterocycles. The van der Waals surface area contributed by atoms with Crippen molar-refractivity contribution in [3.05, 3.63) is 51.2 Å². The van der Waals surface area contributed by atoms with Gasteiger partial charge in [-0.3, -0.25) is 9.69 Å². The highest BCUT2D eigenvalue weighted by molar-refractivity contribution is 7.14. The second-order valence-electron chi connectivity index (χ2n) is 6.91. The summed E-state index contributed by atoms with van der Waals surface area (Å²) in [5.41, 5.74) is 3.20. The summed E-state index contributed by atoms with van der Waals surface area (Å²) in [5.74, 6) is -0.0302. The molecule has 2 heterocycles. The highest BCUT2D eigenvalue weighted by atomic mass is 32.1. The Hall–Kier alpha value is -1.69. The number of aryl methyl sites for hydroxylation is 2. The predicted molar refractivity (Wildman–Crippen MR) is 103 cm³/mol. The monoisotopic (exact) mass is 358 g/mol. The minimum atomic E-state index is -0.0302. The minimum absolute atomic E-state index is 0.0302. The molecule has 2 atom stereocenters. The van der Waals surface area contributed by atoms with E-state index in [1.165, 1.54) is 10.4 Å². The zero-order chi connectivity index (χ0) is 18.0. The van der Waals surface area contributed by atoms with Gasteiger partial charge >= 0.3 is 0 Å². The molecular formula is C20H26N2O2S. The van der Waals surface area contributed by atoms with Crippen molar-refractivity contribution in [2.75, 3.05) is 18.4 Å². The fourth-order valence-electron chi connectivity index (χ4n) is 3.30. The smallest absolute Gasteiger partial charge is 0.265 e. The standard InChI is InChI=1S/C20H26N2O2S/c1-13-9-19(25-16(13)4)20(23)21-18-8-6-5-7-17(18)12-22-10-14(2)24-15(3)11-22/h5-9,14-15H,10-12H2,1-4H3,(H,21,23). The number of carbonyl (C=O) groups is 1. The Labute approximate surface area is 153 Å². The molecule has 4 nitrogen and oxygen atoms in total. The Kier molecular flexibility index (Phi) is 5.57. The van der Waals surface area contributed by atoms with Crippen molar-refractivity contribution in [3.8, 4) is 0 Å². The van der Waals surface area contributed by atoms with Crippen molar-refractivity contribution >= 4 is 22.9 Å². The molecule has 0 spiro atoms. The Morgan fingerprint density at radius 1 is 1.24 bits per heavy atom. The van der Waals surface area contributed by atoms with Crippen LogP contribution in [0.25, 0.3) is 0 Å². The number of hydrogen-bond donors (Lipinski definition) is 1. The topological polar surface area (TPSA) is 41.6 Å². The third kappa shape index (κ3) is 4.48. The van der Waals surface area contributed by atoms with E-state index in [1.807, 2.05) is 38.1 Å². The van der Waals surface area contributed by atoms with E-state index in [9.17, 15) is 4.79 Å². The van der Waals surface area contributed by atoms with Crippen molar-refractivity contribution in [1.29, 1.82) is 0 Å². The minimum Gasteiger partial charge on any atom is -0.373 e. The Balaban J connectivity index is 1.73. The molecule has 2 aromatic rings. The summed E-state index contributed by atoms with van der Waals surface area (Å²) in [6.45, 7) is 10.9. The largest absolute Gasteiger partial charge is 0.373 e. The molecule has 1 N–H and O–H groups in total. The lowest BCUT2D eigenvalue weighted by Gasteiger charge is -2.35. The van der Waals surface area contributed by atoms with Gasteiger partial charge in [-0.15, -0.1) is 11.3 Å². The average Bonchev–Trinajstić information content (AvgIpc) is 2.88. The van der Waals surface area contributed by atoms with Crippen LogP contribution in [0.4, 0.5) is 5.69 Å². The van der Waals surface area contributed by atoms with Crippen LogP contribution in [0.5, 0.6) is 0 Å². The lowest BCUT2D eigenvalue weighted by atomic mass is 10.1. The summed E-state index contributed by atoms with van der Waals surface area (Å²) < 4.78 is 5.81. The first kappa shape index (κ1) is 18.1. The van der Waals surface area contributed by atoms with Crippen LogP contribution in [0.1, 0.15) is 39.5 Å².